The molecule has 0 fully saturated rings. The Morgan fingerprint density at radius 3 is 2.79 bits per heavy atom. The zero-order valence-corrected chi connectivity index (χ0v) is 15.7. The number of H-pyrrole nitrogens is 1. The van der Waals surface area contributed by atoms with E-state index in [-0.39, 0.29) is 17.5 Å². The molecule has 2 N–H and O–H groups in total. The van der Waals surface area contributed by atoms with Gasteiger partial charge < -0.3 is 10.3 Å². The van der Waals surface area contributed by atoms with Gasteiger partial charge in [0, 0.05) is 12.4 Å². The molecular formula is C21H21N5O2. The van der Waals surface area contributed by atoms with Gasteiger partial charge in [0.2, 0.25) is 0 Å². The third-order valence-electron chi connectivity index (χ3n) is 5.06. The number of rotatable bonds is 5. The molecule has 1 aromatic carbocycles. The van der Waals surface area contributed by atoms with E-state index in [9.17, 15) is 9.59 Å². The summed E-state index contributed by atoms with van der Waals surface area (Å²) in [4.78, 5) is 37.8. The van der Waals surface area contributed by atoms with E-state index in [0.29, 0.717) is 11.5 Å². The van der Waals surface area contributed by atoms with Crippen molar-refractivity contribution in [2.45, 2.75) is 26.3 Å². The van der Waals surface area contributed by atoms with Crippen LogP contribution in [0.2, 0.25) is 0 Å². The monoisotopic (exact) mass is 375 g/mol. The maximum atomic E-state index is 12.9. The Labute approximate surface area is 161 Å². The maximum absolute atomic E-state index is 12.9. The number of imidazole rings is 1. The topological polar surface area (TPSA) is 92.2 Å². The SMILES string of the molecule is CC[C@@H](C)[C@H](NC(=O)c1cnc2ccccn2c1=O)c1nc2ccccc2[nH]1. The van der Waals surface area contributed by atoms with Crippen LogP contribution in [0, 0.1) is 5.92 Å². The highest BCUT2D eigenvalue weighted by Gasteiger charge is 2.25. The minimum atomic E-state index is -0.457. The van der Waals surface area contributed by atoms with Crippen molar-refractivity contribution in [2.75, 3.05) is 0 Å². The molecule has 0 unspecified atom stereocenters. The number of para-hydroxylation sites is 2. The summed E-state index contributed by atoms with van der Waals surface area (Å²) < 4.78 is 1.37. The number of aromatic nitrogens is 4. The molecule has 2 atom stereocenters. The van der Waals surface area contributed by atoms with Crippen LogP contribution >= 0.6 is 0 Å². The Hall–Kier alpha value is -3.48. The van der Waals surface area contributed by atoms with E-state index in [2.05, 4.69) is 27.2 Å². The zero-order valence-electron chi connectivity index (χ0n) is 15.7. The van der Waals surface area contributed by atoms with Crippen LogP contribution in [0.25, 0.3) is 16.7 Å². The van der Waals surface area contributed by atoms with Crippen molar-refractivity contribution < 1.29 is 4.79 Å². The molecule has 142 valence electrons. The predicted molar refractivity (Wildman–Crippen MR) is 107 cm³/mol. The fourth-order valence-corrected chi connectivity index (χ4v) is 3.24. The van der Waals surface area contributed by atoms with E-state index in [1.807, 2.05) is 31.2 Å². The Morgan fingerprint density at radius 1 is 1.21 bits per heavy atom. The molecule has 0 saturated carbocycles. The quantitative estimate of drug-likeness (QED) is 0.561. The van der Waals surface area contributed by atoms with Gasteiger partial charge in [0.25, 0.3) is 11.5 Å². The first-order valence-corrected chi connectivity index (χ1v) is 9.30. The molecule has 0 bridgehead atoms. The van der Waals surface area contributed by atoms with Crippen molar-refractivity contribution in [1.82, 2.24) is 24.7 Å². The van der Waals surface area contributed by atoms with Crippen LogP contribution in [0.15, 0.2) is 59.7 Å². The molecule has 4 aromatic rings. The average Bonchev–Trinajstić information content (AvgIpc) is 3.15. The van der Waals surface area contributed by atoms with E-state index in [4.69, 9.17) is 0 Å². The van der Waals surface area contributed by atoms with Gasteiger partial charge in [-0.2, -0.15) is 0 Å². The van der Waals surface area contributed by atoms with Gasteiger partial charge in [-0.3, -0.25) is 14.0 Å². The summed E-state index contributed by atoms with van der Waals surface area (Å²) in [7, 11) is 0. The van der Waals surface area contributed by atoms with Crippen LogP contribution in [0.3, 0.4) is 0 Å². The van der Waals surface area contributed by atoms with Crippen LogP contribution in [-0.4, -0.2) is 25.3 Å². The molecule has 3 heterocycles. The molecule has 0 spiro atoms. The minimum absolute atomic E-state index is 0.00751. The van der Waals surface area contributed by atoms with Crippen molar-refractivity contribution in [2.24, 2.45) is 5.92 Å². The summed E-state index contributed by atoms with van der Waals surface area (Å²) >= 11 is 0. The number of hydrogen-bond donors (Lipinski definition) is 2. The first-order valence-electron chi connectivity index (χ1n) is 9.30. The molecule has 1 amide bonds. The number of carbonyl (C=O) groups is 1. The number of pyridine rings is 1. The molecule has 0 radical (unpaired) electrons. The lowest BCUT2D eigenvalue weighted by Crippen LogP contribution is -2.37. The van der Waals surface area contributed by atoms with Crippen molar-refractivity contribution in [3.63, 3.8) is 0 Å². The number of aromatic amines is 1. The van der Waals surface area contributed by atoms with Crippen molar-refractivity contribution in [1.29, 1.82) is 0 Å². The second kappa shape index (κ2) is 7.26. The fraction of sp³-hybridized carbons (Fsp3) is 0.238. The Morgan fingerprint density at radius 2 is 2.00 bits per heavy atom. The summed E-state index contributed by atoms with van der Waals surface area (Å²) in [5.74, 6) is 0.347. The molecule has 0 aliphatic heterocycles. The highest BCUT2D eigenvalue weighted by atomic mass is 16.2. The summed E-state index contributed by atoms with van der Waals surface area (Å²) in [5, 5.41) is 2.98. The lowest BCUT2D eigenvalue weighted by atomic mass is 9.98. The van der Waals surface area contributed by atoms with Crippen LogP contribution in [-0.2, 0) is 0 Å². The molecule has 3 aromatic heterocycles. The van der Waals surface area contributed by atoms with Crippen molar-refractivity contribution >= 4 is 22.6 Å². The number of nitrogens with zero attached hydrogens (tertiary/aromatic N) is 3. The lowest BCUT2D eigenvalue weighted by molar-refractivity contribution is 0.0918. The highest BCUT2D eigenvalue weighted by molar-refractivity contribution is 5.94. The van der Waals surface area contributed by atoms with Crippen LogP contribution in [0.5, 0.6) is 0 Å². The van der Waals surface area contributed by atoms with E-state index in [0.717, 1.165) is 17.5 Å². The molecule has 0 aliphatic carbocycles. The second-order valence-electron chi connectivity index (χ2n) is 6.88. The number of nitrogens with one attached hydrogen (secondary N) is 2. The van der Waals surface area contributed by atoms with Gasteiger partial charge in [-0.1, -0.05) is 38.5 Å². The molecular weight excluding hydrogens is 354 g/mol. The average molecular weight is 375 g/mol. The van der Waals surface area contributed by atoms with Gasteiger partial charge in [-0.05, 0) is 30.2 Å². The Kier molecular flexibility index (Phi) is 4.65. The van der Waals surface area contributed by atoms with Gasteiger partial charge in [0.05, 0.1) is 17.1 Å². The minimum Gasteiger partial charge on any atom is -0.342 e. The molecule has 28 heavy (non-hydrogen) atoms. The van der Waals surface area contributed by atoms with E-state index in [1.54, 1.807) is 24.4 Å². The first-order chi connectivity index (χ1) is 13.6. The molecule has 7 nitrogen and oxygen atoms in total. The Bertz CT molecular complexity index is 1180. The number of benzene rings is 1. The van der Waals surface area contributed by atoms with Gasteiger partial charge in [0.1, 0.15) is 17.0 Å². The number of hydrogen-bond acceptors (Lipinski definition) is 4. The normalized spacial score (nSPS) is 13.5. The summed E-state index contributed by atoms with van der Waals surface area (Å²) in [5.41, 5.74) is 1.86. The van der Waals surface area contributed by atoms with Crippen molar-refractivity contribution in [3.05, 3.63) is 76.6 Å². The fourth-order valence-electron chi connectivity index (χ4n) is 3.24. The number of carbonyl (C=O) groups excluding carboxylic acids is 1. The standard InChI is InChI=1S/C21H21N5O2/c1-3-13(2)18(19-23-15-8-4-5-9-16(15)24-19)25-20(27)14-12-22-17-10-6-7-11-26(17)21(14)28/h4-13,18H,3H2,1-2H3,(H,23,24)(H,25,27)/t13-,18+/m1/s1. The zero-order chi connectivity index (χ0) is 19.7. The lowest BCUT2D eigenvalue weighted by Gasteiger charge is -2.22. The van der Waals surface area contributed by atoms with Crippen molar-refractivity contribution in [3.8, 4) is 0 Å². The van der Waals surface area contributed by atoms with E-state index in [1.165, 1.54) is 10.6 Å². The smallest absolute Gasteiger partial charge is 0.270 e. The molecule has 7 heteroatoms. The third kappa shape index (κ3) is 3.15. The van der Waals surface area contributed by atoms with Gasteiger partial charge >= 0.3 is 0 Å². The van der Waals surface area contributed by atoms with Gasteiger partial charge in [-0.15, -0.1) is 0 Å². The second-order valence-corrected chi connectivity index (χ2v) is 6.88. The van der Waals surface area contributed by atoms with Crippen LogP contribution < -0.4 is 10.9 Å². The third-order valence-corrected chi connectivity index (χ3v) is 5.06. The molecule has 0 saturated heterocycles. The highest BCUT2D eigenvalue weighted by Crippen LogP contribution is 2.24. The molecule has 0 aliphatic rings. The first kappa shape index (κ1) is 17.9. The van der Waals surface area contributed by atoms with E-state index < -0.39 is 11.5 Å². The largest absolute Gasteiger partial charge is 0.342 e. The van der Waals surface area contributed by atoms with Crippen LogP contribution in [0.1, 0.15) is 42.5 Å². The van der Waals surface area contributed by atoms with E-state index >= 15 is 0 Å². The van der Waals surface area contributed by atoms with Crippen LogP contribution in [0.4, 0.5) is 0 Å². The summed E-state index contributed by atoms with van der Waals surface area (Å²) in [6.07, 6.45) is 3.78. The predicted octanol–water partition coefficient (Wildman–Crippen LogP) is 3.09. The number of fused-ring (bicyclic) bond motifs is 2. The maximum Gasteiger partial charge on any atom is 0.270 e. The Balaban J connectivity index is 1.70. The summed E-state index contributed by atoms with van der Waals surface area (Å²) in [6.45, 7) is 4.10. The van der Waals surface area contributed by atoms with Gasteiger partial charge in [-0.25, -0.2) is 9.97 Å². The van der Waals surface area contributed by atoms with Gasteiger partial charge in [0.15, 0.2) is 0 Å². The number of amides is 1. The summed E-state index contributed by atoms with van der Waals surface area (Å²) in [6, 6.07) is 12.6. The molecule has 4 rings (SSSR count).